The van der Waals surface area contributed by atoms with Gasteiger partial charge in [-0.05, 0) is 19.4 Å². The molecule has 0 aliphatic carbocycles. The number of primary amides is 1. The first-order chi connectivity index (χ1) is 13.3. The summed E-state index contributed by atoms with van der Waals surface area (Å²) in [6, 6.07) is 7.10. The van der Waals surface area contributed by atoms with Gasteiger partial charge in [0.1, 0.15) is 6.04 Å². The number of hydrogen-bond acceptors (Lipinski definition) is 7. The Balaban J connectivity index is 3.08. The summed E-state index contributed by atoms with van der Waals surface area (Å²) in [5.41, 5.74) is 5.94. The molecule has 0 aromatic heterocycles. The van der Waals surface area contributed by atoms with Gasteiger partial charge in [0.2, 0.25) is 5.91 Å². The Hall–Kier alpha value is -2.94. The number of nitrogens with two attached hydrogens (primary N) is 1. The van der Waals surface area contributed by atoms with Gasteiger partial charge in [0.25, 0.3) is 5.91 Å². The van der Waals surface area contributed by atoms with Crippen molar-refractivity contribution in [2.24, 2.45) is 11.7 Å². The maximum atomic E-state index is 12.7. The van der Waals surface area contributed by atoms with E-state index in [0.29, 0.717) is 5.56 Å². The summed E-state index contributed by atoms with van der Waals surface area (Å²) < 4.78 is 15.0. The highest BCUT2D eigenvalue weighted by molar-refractivity contribution is 5.94. The normalized spacial score (nSPS) is 13.7. The molecule has 0 bridgehead atoms. The number of nitrogens with one attached hydrogen (secondary N) is 1. The molecule has 3 atom stereocenters. The van der Waals surface area contributed by atoms with Gasteiger partial charge in [-0.25, -0.2) is 0 Å². The van der Waals surface area contributed by atoms with Crippen molar-refractivity contribution in [3.63, 3.8) is 0 Å². The van der Waals surface area contributed by atoms with Crippen LogP contribution in [0.25, 0.3) is 0 Å². The van der Waals surface area contributed by atoms with Crippen molar-refractivity contribution in [3.05, 3.63) is 35.9 Å². The molecule has 3 N–H and O–H groups in total. The number of methoxy groups -OCH3 is 1. The molecule has 1 aromatic carbocycles. The van der Waals surface area contributed by atoms with Gasteiger partial charge in [0.05, 0.1) is 25.6 Å². The number of esters is 2. The number of rotatable bonds is 11. The van der Waals surface area contributed by atoms with E-state index in [0.717, 1.165) is 0 Å². The van der Waals surface area contributed by atoms with E-state index >= 15 is 0 Å². The second-order valence-corrected chi connectivity index (χ2v) is 5.78. The third kappa shape index (κ3) is 6.66. The minimum Gasteiger partial charge on any atom is -0.466 e. The third-order valence-electron chi connectivity index (χ3n) is 3.86. The van der Waals surface area contributed by atoms with Crippen molar-refractivity contribution >= 4 is 23.8 Å². The third-order valence-corrected chi connectivity index (χ3v) is 3.86. The van der Waals surface area contributed by atoms with Crippen molar-refractivity contribution < 1.29 is 33.4 Å². The summed E-state index contributed by atoms with van der Waals surface area (Å²) in [5.74, 6) is -4.55. The number of benzene rings is 1. The highest BCUT2D eigenvalue weighted by Gasteiger charge is 2.38. The average Bonchev–Trinajstić information content (AvgIpc) is 2.66. The summed E-state index contributed by atoms with van der Waals surface area (Å²) in [6.45, 7) is 3.31. The molecule has 9 nitrogen and oxygen atoms in total. The summed E-state index contributed by atoms with van der Waals surface area (Å²) in [4.78, 5) is 48.8. The number of amides is 2. The smallest absolute Gasteiger partial charge is 0.312 e. The summed E-state index contributed by atoms with van der Waals surface area (Å²) in [6.07, 6.45) is -1.50. The molecule has 0 saturated heterocycles. The summed E-state index contributed by atoms with van der Waals surface area (Å²) in [7, 11) is 1.33. The van der Waals surface area contributed by atoms with Gasteiger partial charge in [0, 0.05) is 7.11 Å². The second kappa shape index (κ2) is 11.7. The number of hydrogen-bond donors (Lipinski definition) is 2. The van der Waals surface area contributed by atoms with E-state index in [9.17, 15) is 19.2 Å². The lowest BCUT2D eigenvalue weighted by molar-refractivity contribution is -0.157. The van der Waals surface area contributed by atoms with Gasteiger partial charge in [-0.2, -0.15) is 0 Å². The highest BCUT2D eigenvalue weighted by atomic mass is 16.5. The van der Waals surface area contributed by atoms with Crippen molar-refractivity contribution in [1.82, 2.24) is 5.32 Å². The Kier molecular flexibility index (Phi) is 9.66. The molecule has 154 valence electrons. The van der Waals surface area contributed by atoms with Crippen LogP contribution >= 0.6 is 0 Å². The van der Waals surface area contributed by atoms with Crippen LogP contribution in [0.1, 0.15) is 31.9 Å². The Morgan fingerprint density at radius 3 is 2.14 bits per heavy atom. The van der Waals surface area contributed by atoms with Gasteiger partial charge in [0.15, 0.2) is 6.10 Å². The van der Waals surface area contributed by atoms with Crippen molar-refractivity contribution in [2.45, 2.75) is 32.4 Å². The molecule has 0 unspecified atom stereocenters. The number of ether oxygens (including phenoxy) is 3. The van der Waals surface area contributed by atoms with Crippen LogP contribution in [-0.2, 0) is 33.4 Å². The Morgan fingerprint density at radius 2 is 1.64 bits per heavy atom. The maximum absolute atomic E-state index is 12.7. The average molecular weight is 394 g/mol. The van der Waals surface area contributed by atoms with Gasteiger partial charge >= 0.3 is 11.9 Å². The lowest BCUT2D eigenvalue weighted by atomic mass is 9.94. The van der Waals surface area contributed by atoms with Crippen molar-refractivity contribution in [2.75, 3.05) is 20.3 Å². The molecular weight excluding hydrogens is 368 g/mol. The molecule has 0 aliphatic heterocycles. The molecule has 9 heteroatoms. The monoisotopic (exact) mass is 394 g/mol. The fraction of sp³-hybridized carbons (Fsp3) is 0.474. The fourth-order valence-electron chi connectivity index (χ4n) is 2.61. The largest absolute Gasteiger partial charge is 0.466 e. The fourth-order valence-corrected chi connectivity index (χ4v) is 2.61. The number of carbonyl (C=O) groups is 4. The molecular formula is C19H26N2O7. The molecule has 0 spiro atoms. The van der Waals surface area contributed by atoms with E-state index in [1.165, 1.54) is 7.11 Å². The molecule has 1 aromatic rings. The molecule has 0 heterocycles. The van der Waals surface area contributed by atoms with Crippen molar-refractivity contribution in [1.29, 1.82) is 0 Å². The van der Waals surface area contributed by atoms with E-state index in [2.05, 4.69) is 5.32 Å². The van der Waals surface area contributed by atoms with Gasteiger partial charge in [-0.15, -0.1) is 0 Å². The Labute approximate surface area is 163 Å². The van der Waals surface area contributed by atoms with Gasteiger partial charge in [-0.1, -0.05) is 30.3 Å². The minimum atomic E-state index is -1.47. The molecule has 0 radical (unpaired) electrons. The van der Waals surface area contributed by atoms with E-state index < -0.39 is 48.2 Å². The lowest BCUT2D eigenvalue weighted by Gasteiger charge is -2.25. The predicted octanol–water partition coefficient (Wildman–Crippen LogP) is 0.477. The zero-order valence-corrected chi connectivity index (χ0v) is 16.2. The Morgan fingerprint density at radius 1 is 1.04 bits per heavy atom. The summed E-state index contributed by atoms with van der Waals surface area (Å²) in [5, 5.41) is 2.41. The predicted molar refractivity (Wildman–Crippen MR) is 98.7 cm³/mol. The standard InChI is InChI=1S/C19H26N2O7/c1-4-27-14(22)11-13(19(25)28-5-2)15(17(20)23)21-18(24)16(26-3)12-9-7-6-8-10-12/h6-10,13,15-16H,4-5,11H2,1-3H3,(H2,20,23)(H,21,24)/t13-,15+,16+/m0/s1. The second-order valence-electron chi connectivity index (χ2n) is 5.78. The first kappa shape index (κ1) is 23.1. The molecule has 1 rings (SSSR count). The zero-order valence-electron chi connectivity index (χ0n) is 16.2. The van der Waals surface area contributed by atoms with E-state index in [1.807, 2.05) is 0 Å². The molecule has 2 amide bonds. The lowest BCUT2D eigenvalue weighted by Crippen LogP contribution is -2.53. The topological polar surface area (TPSA) is 134 Å². The van der Waals surface area contributed by atoms with Gasteiger partial charge in [-0.3, -0.25) is 19.2 Å². The SMILES string of the molecule is CCOC(=O)C[C@H](C(=O)OCC)[C@@H](NC(=O)[C@H](OC)c1ccccc1)C(N)=O. The number of carbonyl (C=O) groups excluding carboxylic acids is 4. The van der Waals surface area contributed by atoms with E-state index in [-0.39, 0.29) is 13.2 Å². The zero-order chi connectivity index (χ0) is 21.1. The highest BCUT2D eigenvalue weighted by Crippen LogP contribution is 2.19. The van der Waals surface area contributed by atoms with Crippen LogP contribution in [-0.4, -0.2) is 50.1 Å². The van der Waals surface area contributed by atoms with Crippen LogP contribution in [0, 0.1) is 5.92 Å². The Bertz CT molecular complexity index is 678. The van der Waals surface area contributed by atoms with E-state index in [1.54, 1.807) is 44.2 Å². The van der Waals surface area contributed by atoms with Crippen molar-refractivity contribution in [3.8, 4) is 0 Å². The van der Waals surface area contributed by atoms with Gasteiger partial charge < -0.3 is 25.3 Å². The molecule has 28 heavy (non-hydrogen) atoms. The molecule has 0 saturated carbocycles. The molecule has 0 fully saturated rings. The van der Waals surface area contributed by atoms with E-state index in [4.69, 9.17) is 19.9 Å². The summed E-state index contributed by atoms with van der Waals surface area (Å²) >= 11 is 0. The minimum absolute atomic E-state index is 0.0301. The van der Waals surface area contributed by atoms with Crippen LogP contribution < -0.4 is 11.1 Å². The van der Waals surface area contributed by atoms with Crippen LogP contribution in [0.5, 0.6) is 0 Å². The first-order valence-corrected chi connectivity index (χ1v) is 8.85. The van der Waals surface area contributed by atoms with Crippen LogP contribution in [0.15, 0.2) is 30.3 Å². The van der Waals surface area contributed by atoms with Crippen LogP contribution in [0.3, 0.4) is 0 Å². The maximum Gasteiger partial charge on any atom is 0.312 e. The first-order valence-electron chi connectivity index (χ1n) is 8.85. The molecule has 0 aliphatic rings. The quantitative estimate of drug-likeness (QED) is 0.521. The van der Waals surface area contributed by atoms with Crippen LogP contribution in [0.4, 0.5) is 0 Å². The van der Waals surface area contributed by atoms with Crippen LogP contribution in [0.2, 0.25) is 0 Å².